The SMILES string of the molecule is COCOOC(=O)c1cccc(C)c1. The molecule has 0 unspecified atom stereocenters. The minimum atomic E-state index is -0.522. The molecule has 4 heteroatoms. The molecular weight excluding hydrogens is 184 g/mol. The summed E-state index contributed by atoms with van der Waals surface area (Å²) in [6, 6.07) is 7.05. The van der Waals surface area contributed by atoms with E-state index in [0.717, 1.165) is 5.56 Å². The molecule has 0 aliphatic carbocycles. The summed E-state index contributed by atoms with van der Waals surface area (Å²) in [4.78, 5) is 20.2. The number of methoxy groups -OCH3 is 1. The standard InChI is InChI=1S/C10H12O4/c1-8-4-3-5-9(6-8)10(11)14-13-7-12-2/h3-6H,7H2,1-2H3. The van der Waals surface area contributed by atoms with Crippen LogP contribution in [0.3, 0.4) is 0 Å². The Morgan fingerprint density at radius 3 is 2.86 bits per heavy atom. The van der Waals surface area contributed by atoms with Gasteiger partial charge >= 0.3 is 5.97 Å². The minimum absolute atomic E-state index is 0.0719. The van der Waals surface area contributed by atoms with Crippen LogP contribution in [0.2, 0.25) is 0 Å². The van der Waals surface area contributed by atoms with Crippen LogP contribution in [0, 0.1) is 6.92 Å². The summed E-state index contributed by atoms with van der Waals surface area (Å²) in [5, 5.41) is 0. The van der Waals surface area contributed by atoms with Crippen LogP contribution in [0.15, 0.2) is 24.3 Å². The van der Waals surface area contributed by atoms with E-state index in [0.29, 0.717) is 5.56 Å². The van der Waals surface area contributed by atoms with Gasteiger partial charge in [0.2, 0.25) is 0 Å². The zero-order chi connectivity index (χ0) is 10.4. The summed E-state index contributed by atoms with van der Waals surface area (Å²) in [6.07, 6.45) is 0. The number of carbonyl (C=O) groups is 1. The fourth-order valence-electron chi connectivity index (χ4n) is 0.946. The molecule has 4 nitrogen and oxygen atoms in total. The van der Waals surface area contributed by atoms with Crippen molar-refractivity contribution in [1.29, 1.82) is 0 Å². The van der Waals surface area contributed by atoms with Crippen molar-refractivity contribution in [3.8, 4) is 0 Å². The van der Waals surface area contributed by atoms with Crippen molar-refractivity contribution in [2.75, 3.05) is 13.9 Å². The molecule has 0 aliphatic rings. The Hall–Kier alpha value is -1.39. The van der Waals surface area contributed by atoms with Crippen LogP contribution in [-0.2, 0) is 14.5 Å². The predicted octanol–water partition coefficient (Wildman–Crippen LogP) is 1.69. The van der Waals surface area contributed by atoms with E-state index in [1.165, 1.54) is 7.11 Å². The first-order valence-corrected chi connectivity index (χ1v) is 4.13. The van der Waals surface area contributed by atoms with Gasteiger partial charge < -0.3 is 4.74 Å². The zero-order valence-corrected chi connectivity index (χ0v) is 8.15. The van der Waals surface area contributed by atoms with Crippen LogP contribution in [0.1, 0.15) is 15.9 Å². The van der Waals surface area contributed by atoms with Gasteiger partial charge in [-0.05, 0) is 19.1 Å². The molecule has 1 aromatic carbocycles. The average Bonchev–Trinajstić information content (AvgIpc) is 2.18. The third-order valence-corrected chi connectivity index (χ3v) is 1.55. The van der Waals surface area contributed by atoms with Crippen molar-refractivity contribution in [2.24, 2.45) is 0 Å². The van der Waals surface area contributed by atoms with Gasteiger partial charge in [0.05, 0.1) is 5.56 Å². The van der Waals surface area contributed by atoms with Crippen LogP contribution in [0.4, 0.5) is 0 Å². The highest BCUT2D eigenvalue weighted by Crippen LogP contribution is 2.05. The lowest BCUT2D eigenvalue weighted by Gasteiger charge is -2.02. The lowest BCUT2D eigenvalue weighted by molar-refractivity contribution is -0.286. The van der Waals surface area contributed by atoms with E-state index in [4.69, 9.17) is 0 Å². The van der Waals surface area contributed by atoms with Crippen molar-refractivity contribution in [2.45, 2.75) is 6.92 Å². The monoisotopic (exact) mass is 196 g/mol. The van der Waals surface area contributed by atoms with E-state index in [1.54, 1.807) is 18.2 Å². The lowest BCUT2D eigenvalue weighted by atomic mass is 10.1. The van der Waals surface area contributed by atoms with Gasteiger partial charge in [0.1, 0.15) is 0 Å². The molecule has 0 fully saturated rings. The number of hydrogen-bond acceptors (Lipinski definition) is 4. The third-order valence-electron chi connectivity index (χ3n) is 1.55. The Balaban J connectivity index is 2.52. The molecule has 1 aromatic rings. The van der Waals surface area contributed by atoms with E-state index in [1.807, 2.05) is 13.0 Å². The normalized spacial score (nSPS) is 9.86. The van der Waals surface area contributed by atoms with Crippen molar-refractivity contribution < 1.29 is 19.3 Å². The van der Waals surface area contributed by atoms with Gasteiger partial charge in [-0.1, -0.05) is 17.7 Å². The second kappa shape index (κ2) is 5.36. The first-order valence-electron chi connectivity index (χ1n) is 4.13. The fraction of sp³-hybridized carbons (Fsp3) is 0.300. The topological polar surface area (TPSA) is 44.8 Å². The number of hydrogen-bond donors (Lipinski definition) is 0. The van der Waals surface area contributed by atoms with Crippen molar-refractivity contribution in [3.63, 3.8) is 0 Å². The van der Waals surface area contributed by atoms with E-state index in [2.05, 4.69) is 14.5 Å². The van der Waals surface area contributed by atoms with Gasteiger partial charge in [-0.3, -0.25) is 4.89 Å². The molecule has 76 valence electrons. The number of ether oxygens (including phenoxy) is 1. The second-order valence-corrected chi connectivity index (χ2v) is 2.76. The maximum Gasteiger partial charge on any atom is 0.373 e. The third kappa shape index (κ3) is 3.16. The largest absolute Gasteiger partial charge is 0.373 e. The molecule has 0 amide bonds. The molecule has 0 atom stereocenters. The Bertz CT molecular complexity index is 309. The molecule has 0 aromatic heterocycles. The van der Waals surface area contributed by atoms with Crippen molar-refractivity contribution >= 4 is 5.97 Å². The summed E-state index contributed by atoms with van der Waals surface area (Å²) >= 11 is 0. The Morgan fingerprint density at radius 1 is 1.43 bits per heavy atom. The quantitative estimate of drug-likeness (QED) is 0.318. The number of rotatable bonds is 4. The molecule has 0 radical (unpaired) electrons. The van der Waals surface area contributed by atoms with Crippen LogP contribution in [-0.4, -0.2) is 19.9 Å². The molecule has 14 heavy (non-hydrogen) atoms. The Kier molecular flexibility index (Phi) is 4.10. The van der Waals surface area contributed by atoms with Crippen LogP contribution >= 0.6 is 0 Å². The van der Waals surface area contributed by atoms with Crippen LogP contribution < -0.4 is 0 Å². The molecular formula is C10H12O4. The highest BCUT2D eigenvalue weighted by atomic mass is 17.2. The Morgan fingerprint density at radius 2 is 2.21 bits per heavy atom. The maximum absolute atomic E-state index is 11.3. The van der Waals surface area contributed by atoms with Gasteiger partial charge in [-0.25, -0.2) is 4.79 Å². The number of carbonyl (C=O) groups excluding carboxylic acids is 1. The smallest absolute Gasteiger partial charge is 0.355 e. The van der Waals surface area contributed by atoms with Gasteiger partial charge in [-0.15, -0.1) is 0 Å². The van der Waals surface area contributed by atoms with Gasteiger partial charge in [0.15, 0.2) is 6.79 Å². The van der Waals surface area contributed by atoms with E-state index in [9.17, 15) is 4.79 Å². The summed E-state index contributed by atoms with van der Waals surface area (Å²) in [5.74, 6) is -0.522. The Labute approximate surface area is 82.3 Å². The highest BCUT2D eigenvalue weighted by molar-refractivity contribution is 5.89. The number of benzene rings is 1. The molecule has 0 aliphatic heterocycles. The first kappa shape index (κ1) is 10.7. The van der Waals surface area contributed by atoms with E-state index in [-0.39, 0.29) is 6.79 Å². The summed E-state index contributed by atoms with van der Waals surface area (Å²) in [7, 11) is 1.44. The zero-order valence-electron chi connectivity index (χ0n) is 8.15. The maximum atomic E-state index is 11.3. The average molecular weight is 196 g/mol. The van der Waals surface area contributed by atoms with Crippen molar-refractivity contribution in [1.82, 2.24) is 0 Å². The second-order valence-electron chi connectivity index (χ2n) is 2.76. The summed E-state index contributed by atoms with van der Waals surface area (Å²) in [6.45, 7) is 1.82. The van der Waals surface area contributed by atoms with Gasteiger partial charge in [-0.2, -0.15) is 4.89 Å². The number of aryl methyl sites for hydroxylation is 1. The molecule has 0 heterocycles. The van der Waals surface area contributed by atoms with Gasteiger partial charge in [0, 0.05) is 7.11 Å². The van der Waals surface area contributed by atoms with E-state index < -0.39 is 5.97 Å². The molecule has 0 N–H and O–H groups in total. The fourth-order valence-corrected chi connectivity index (χ4v) is 0.946. The van der Waals surface area contributed by atoms with Crippen molar-refractivity contribution in [3.05, 3.63) is 35.4 Å². The molecule has 1 rings (SSSR count). The van der Waals surface area contributed by atoms with Crippen LogP contribution in [0.5, 0.6) is 0 Å². The minimum Gasteiger partial charge on any atom is -0.355 e. The molecule has 0 saturated heterocycles. The summed E-state index contributed by atoms with van der Waals surface area (Å²) < 4.78 is 4.55. The predicted molar refractivity (Wildman–Crippen MR) is 49.6 cm³/mol. The van der Waals surface area contributed by atoms with E-state index >= 15 is 0 Å². The summed E-state index contributed by atoms with van der Waals surface area (Å²) in [5.41, 5.74) is 1.45. The van der Waals surface area contributed by atoms with Gasteiger partial charge in [0.25, 0.3) is 0 Å². The highest BCUT2D eigenvalue weighted by Gasteiger charge is 2.07. The molecule has 0 bridgehead atoms. The van der Waals surface area contributed by atoms with Crippen LogP contribution in [0.25, 0.3) is 0 Å². The lowest BCUT2D eigenvalue weighted by Crippen LogP contribution is -2.07. The first-order chi connectivity index (χ1) is 6.74. The molecule has 0 spiro atoms. The molecule has 0 saturated carbocycles.